The molecule has 0 amide bonds. The lowest BCUT2D eigenvalue weighted by atomic mass is 10.1. The molecule has 6 heteroatoms. The first-order valence-electron chi connectivity index (χ1n) is 6.43. The van der Waals surface area contributed by atoms with Crippen LogP contribution in [0.2, 0.25) is 0 Å². The highest BCUT2D eigenvalue weighted by Gasteiger charge is 2.11. The first-order chi connectivity index (χ1) is 9.72. The van der Waals surface area contributed by atoms with Crippen LogP contribution in [0.25, 0.3) is 10.7 Å². The van der Waals surface area contributed by atoms with Gasteiger partial charge in [-0.3, -0.25) is 5.10 Å². The molecule has 2 N–H and O–H groups in total. The molecule has 0 saturated carbocycles. The van der Waals surface area contributed by atoms with Crippen LogP contribution in [-0.2, 0) is 0 Å². The topological polar surface area (TPSA) is 66.5 Å². The highest BCUT2D eigenvalue weighted by molar-refractivity contribution is 7.18. The minimum atomic E-state index is 0.422. The number of rotatable bonds is 4. The Balaban J connectivity index is 1.79. The fourth-order valence-corrected chi connectivity index (χ4v) is 2.49. The molecule has 0 aliphatic carbocycles. The number of para-hydroxylation sites is 1. The van der Waals surface area contributed by atoms with E-state index in [9.17, 15) is 0 Å². The molecular formula is C14H15N5S. The molecule has 2 heterocycles. The smallest absolute Gasteiger partial charge is 0.210 e. The fraction of sp³-hybridized carbons (Fsp3) is 0.214. The average Bonchev–Trinajstić information content (AvgIpc) is 3.08. The number of benzene rings is 1. The van der Waals surface area contributed by atoms with Gasteiger partial charge in [0, 0.05) is 11.4 Å². The average molecular weight is 285 g/mol. The van der Waals surface area contributed by atoms with Gasteiger partial charge in [0.05, 0.1) is 0 Å². The minimum Gasteiger partial charge on any atom is -0.330 e. The normalized spacial score (nSPS) is 10.9. The van der Waals surface area contributed by atoms with Crippen molar-refractivity contribution in [1.29, 1.82) is 0 Å². The number of aromatic amines is 1. The molecule has 20 heavy (non-hydrogen) atoms. The van der Waals surface area contributed by atoms with Crippen LogP contribution in [0, 0.1) is 0 Å². The molecule has 0 aliphatic heterocycles. The summed E-state index contributed by atoms with van der Waals surface area (Å²) in [5, 5.41) is 20.4. The van der Waals surface area contributed by atoms with E-state index in [0.29, 0.717) is 5.92 Å². The second kappa shape index (κ2) is 5.42. The summed E-state index contributed by atoms with van der Waals surface area (Å²) >= 11 is 1.49. The van der Waals surface area contributed by atoms with Crippen molar-refractivity contribution < 1.29 is 0 Å². The molecule has 1 aromatic carbocycles. The van der Waals surface area contributed by atoms with Crippen molar-refractivity contribution in [3.8, 4) is 10.7 Å². The molecule has 0 atom stereocenters. The second-order valence-electron chi connectivity index (χ2n) is 4.77. The maximum absolute atomic E-state index is 4.28. The minimum absolute atomic E-state index is 0.422. The maximum atomic E-state index is 4.28. The van der Waals surface area contributed by atoms with E-state index in [1.165, 1.54) is 11.3 Å². The Kier molecular flexibility index (Phi) is 3.47. The Morgan fingerprint density at radius 3 is 2.65 bits per heavy atom. The third-order valence-corrected chi connectivity index (χ3v) is 3.75. The molecule has 102 valence electrons. The fourth-order valence-electron chi connectivity index (χ4n) is 1.76. The van der Waals surface area contributed by atoms with Gasteiger partial charge >= 0.3 is 0 Å². The maximum Gasteiger partial charge on any atom is 0.210 e. The number of H-pyrrole nitrogens is 1. The van der Waals surface area contributed by atoms with Crippen LogP contribution >= 0.6 is 11.3 Å². The standard InChI is InChI=1S/C14H15N5S/c1-9(2)11-8-12(17-16-11)13-18-19-14(20-13)15-10-6-4-3-5-7-10/h3-9H,1-2H3,(H,15,19)(H,16,17). The van der Waals surface area contributed by atoms with Crippen LogP contribution < -0.4 is 5.32 Å². The molecule has 3 rings (SSSR count). The summed E-state index contributed by atoms with van der Waals surface area (Å²) in [6, 6.07) is 11.9. The first-order valence-corrected chi connectivity index (χ1v) is 7.25. The molecule has 0 unspecified atom stereocenters. The molecule has 0 radical (unpaired) electrons. The third-order valence-electron chi connectivity index (χ3n) is 2.89. The van der Waals surface area contributed by atoms with Crippen LogP contribution in [0.4, 0.5) is 10.8 Å². The van der Waals surface area contributed by atoms with E-state index in [2.05, 4.69) is 39.6 Å². The second-order valence-corrected chi connectivity index (χ2v) is 5.74. The lowest BCUT2D eigenvalue weighted by Gasteiger charge is -1.99. The summed E-state index contributed by atoms with van der Waals surface area (Å²) in [5.41, 5.74) is 2.94. The largest absolute Gasteiger partial charge is 0.330 e. The Hall–Kier alpha value is -2.21. The molecule has 0 fully saturated rings. The van der Waals surface area contributed by atoms with Crippen LogP contribution in [0.5, 0.6) is 0 Å². The van der Waals surface area contributed by atoms with E-state index in [1.54, 1.807) is 0 Å². The summed E-state index contributed by atoms with van der Waals surface area (Å²) in [7, 11) is 0. The van der Waals surface area contributed by atoms with E-state index in [4.69, 9.17) is 0 Å². The lowest BCUT2D eigenvalue weighted by Crippen LogP contribution is -1.87. The zero-order valence-electron chi connectivity index (χ0n) is 11.3. The van der Waals surface area contributed by atoms with Crippen molar-refractivity contribution in [1.82, 2.24) is 20.4 Å². The van der Waals surface area contributed by atoms with E-state index in [-0.39, 0.29) is 0 Å². The van der Waals surface area contributed by atoms with Crippen LogP contribution in [0.1, 0.15) is 25.5 Å². The van der Waals surface area contributed by atoms with Crippen molar-refractivity contribution in [2.45, 2.75) is 19.8 Å². The summed E-state index contributed by atoms with van der Waals surface area (Å²) in [5.74, 6) is 0.422. The zero-order valence-corrected chi connectivity index (χ0v) is 12.1. The highest BCUT2D eigenvalue weighted by atomic mass is 32.1. The summed E-state index contributed by atoms with van der Waals surface area (Å²) in [6.45, 7) is 4.25. The van der Waals surface area contributed by atoms with E-state index >= 15 is 0 Å². The van der Waals surface area contributed by atoms with Gasteiger partial charge < -0.3 is 5.32 Å². The van der Waals surface area contributed by atoms with Crippen molar-refractivity contribution >= 4 is 22.2 Å². The van der Waals surface area contributed by atoms with Gasteiger partial charge in [-0.05, 0) is 24.1 Å². The van der Waals surface area contributed by atoms with E-state index in [1.807, 2.05) is 36.4 Å². The summed E-state index contributed by atoms with van der Waals surface area (Å²) < 4.78 is 0. The number of hydrogen-bond donors (Lipinski definition) is 2. The van der Waals surface area contributed by atoms with E-state index in [0.717, 1.165) is 27.2 Å². The van der Waals surface area contributed by atoms with Crippen molar-refractivity contribution in [2.75, 3.05) is 5.32 Å². The number of anilines is 2. The first kappa shape index (κ1) is 12.8. The molecule has 0 spiro atoms. The SMILES string of the molecule is CC(C)c1cc(-c2nnc(Nc3ccccc3)s2)n[nH]1. The van der Waals surface area contributed by atoms with Gasteiger partial charge in [-0.1, -0.05) is 43.4 Å². The van der Waals surface area contributed by atoms with Crippen molar-refractivity contribution in [2.24, 2.45) is 0 Å². The zero-order chi connectivity index (χ0) is 13.9. The van der Waals surface area contributed by atoms with Gasteiger partial charge in [0.1, 0.15) is 5.69 Å². The van der Waals surface area contributed by atoms with Gasteiger partial charge in [0.2, 0.25) is 5.13 Å². The van der Waals surface area contributed by atoms with Gasteiger partial charge in [-0.25, -0.2) is 0 Å². The number of nitrogens with one attached hydrogen (secondary N) is 2. The molecule has 0 saturated heterocycles. The third kappa shape index (κ3) is 2.70. The number of nitrogens with zero attached hydrogens (tertiary/aromatic N) is 3. The number of aromatic nitrogens is 4. The molecule has 5 nitrogen and oxygen atoms in total. The predicted molar refractivity (Wildman–Crippen MR) is 81.3 cm³/mol. The quantitative estimate of drug-likeness (QED) is 0.765. The van der Waals surface area contributed by atoms with Crippen LogP contribution in [0.3, 0.4) is 0 Å². The Labute approximate surface area is 121 Å². The van der Waals surface area contributed by atoms with Gasteiger partial charge in [-0.15, -0.1) is 10.2 Å². The predicted octanol–water partition coefficient (Wildman–Crippen LogP) is 3.80. The van der Waals surface area contributed by atoms with Crippen LogP contribution in [0.15, 0.2) is 36.4 Å². The van der Waals surface area contributed by atoms with Gasteiger partial charge in [0.25, 0.3) is 0 Å². The Bertz CT molecular complexity index is 686. The summed E-state index contributed by atoms with van der Waals surface area (Å²) in [6.07, 6.45) is 0. The van der Waals surface area contributed by atoms with Gasteiger partial charge in [0.15, 0.2) is 5.01 Å². The van der Waals surface area contributed by atoms with Crippen molar-refractivity contribution in [3.63, 3.8) is 0 Å². The van der Waals surface area contributed by atoms with E-state index < -0.39 is 0 Å². The van der Waals surface area contributed by atoms with Crippen molar-refractivity contribution in [3.05, 3.63) is 42.1 Å². The monoisotopic (exact) mass is 285 g/mol. The molecule has 3 aromatic rings. The Morgan fingerprint density at radius 1 is 1.15 bits per heavy atom. The summed E-state index contributed by atoms with van der Waals surface area (Å²) in [4.78, 5) is 0. The van der Waals surface area contributed by atoms with Gasteiger partial charge in [-0.2, -0.15) is 5.10 Å². The highest BCUT2D eigenvalue weighted by Crippen LogP contribution is 2.28. The molecule has 0 aliphatic rings. The number of hydrogen-bond acceptors (Lipinski definition) is 5. The lowest BCUT2D eigenvalue weighted by molar-refractivity contribution is 0.811. The Morgan fingerprint density at radius 2 is 1.95 bits per heavy atom. The molecule has 2 aromatic heterocycles. The van der Waals surface area contributed by atoms with Crippen LogP contribution in [-0.4, -0.2) is 20.4 Å². The molecular weight excluding hydrogens is 270 g/mol. The molecule has 0 bridgehead atoms.